The summed E-state index contributed by atoms with van der Waals surface area (Å²) in [6, 6.07) is 0.0180. The Labute approximate surface area is 121 Å². The largest absolute Gasteiger partial charge is 0.447 e. The quantitative estimate of drug-likeness (QED) is 0.815. The van der Waals surface area contributed by atoms with Crippen molar-refractivity contribution in [3.63, 3.8) is 0 Å². The van der Waals surface area contributed by atoms with E-state index in [2.05, 4.69) is 4.98 Å². The van der Waals surface area contributed by atoms with Crippen LogP contribution in [0.1, 0.15) is 15.6 Å². The van der Waals surface area contributed by atoms with Crippen LogP contribution >= 0.6 is 11.3 Å². The molecule has 2 amide bonds. The standard InChI is InChI=1S/C13H17N3O3S/c1-8-11(20-9(2)14-8)5-12(17)15-3-4-16-10(6-15)7-19-13(16)18/h10H,3-7H2,1-2H3/t10-/m0/s1. The highest BCUT2D eigenvalue weighted by Gasteiger charge is 2.38. The summed E-state index contributed by atoms with van der Waals surface area (Å²) in [5.41, 5.74) is 0.943. The van der Waals surface area contributed by atoms with Crippen LogP contribution in [0.2, 0.25) is 0 Å². The Bertz CT molecular complexity index is 557. The van der Waals surface area contributed by atoms with Gasteiger partial charge in [0.05, 0.1) is 23.2 Å². The Morgan fingerprint density at radius 2 is 2.25 bits per heavy atom. The molecule has 0 spiro atoms. The zero-order valence-corrected chi connectivity index (χ0v) is 12.4. The molecular weight excluding hydrogens is 278 g/mol. The van der Waals surface area contributed by atoms with Crippen molar-refractivity contribution in [2.24, 2.45) is 0 Å². The van der Waals surface area contributed by atoms with Gasteiger partial charge in [-0.2, -0.15) is 0 Å². The number of aryl methyl sites for hydroxylation is 2. The van der Waals surface area contributed by atoms with Crippen LogP contribution in [0.3, 0.4) is 0 Å². The van der Waals surface area contributed by atoms with Gasteiger partial charge in [-0.3, -0.25) is 9.69 Å². The maximum Gasteiger partial charge on any atom is 0.410 e. The molecule has 0 aromatic carbocycles. The number of fused-ring (bicyclic) bond motifs is 1. The maximum atomic E-state index is 12.4. The zero-order valence-electron chi connectivity index (χ0n) is 11.6. The number of aromatic nitrogens is 1. The number of thiazole rings is 1. The summed E-state index contributed by atoms with van der Waals surface area (Å²) in [5, 5.41) is 0.991. The highest BCUT2D eigenvalue weighted by Crippen LogP contribution is 2.21. The lowest BCUT2D eigenvalue weighted by Crippen LogP contribution is -2.54. The first kappa shape index (κ1) is 13.4. The molecule has 20 heavy (non-hydrogen) atoms. The molecule has 2 aliphatic heterocycles. The minimum absolute atomic E-state index is 0.0180. The van der Waals surface area contributed by atoms with Gasteiger partial charge in [0.2, 0.25) is 5.91 Å². The molecule has 2 saturated heterocycles. The van der Waals surface area contributed by atoms with E-state index in [0.29, 0.717) is 32.7 Å². The van der Waals surface area contributed by atoms with Crippen molar-refractivity contribution in [2.75, 3.05) is 26.2 Å². The SMILES string of the molecule is Cc1nc(C)c(CC(=O)N2CCN3C(=O)OC[C@@H]3C2)s1. The minimum atomic E-state index is -0.254. The Balaban J connectivity index is 1.64. The molecule has 0 N–H and O–H groups in total. The summed E-state index contributed by atoms with van der Waals surface area (Å²) in [6.45, 7) is 6.00. The zero-order chi connectivity index (χ0) is 14.3. The number of nitrogens with zero attached hydrogens (tertiary/aromatic N) is 3. The summed E-state index contributed by atoms with van der Waals surface area (Å²) < 4.78 is 5.01. The number of cyclic esters (lactones) is 1. The van der Waals surface area contributed by atoms with Gasteiger partial charge in [0.1, 0.15) is 6.61 Å². The summed E-state index contributed by atoms with van der Waals surface area (Å²) in [7, 11) is 0. The molecule has 3 heterocycles. The first-order valence-electron chi connectivity index (χ1n) is 6.68. The van der Waals surface area contributed by atoms with Gasteiger partial charge in [-0.1, -0.05) is 0 Å². The van der Waals surface area contributed by atoms with E-state index in [4.69, 9.17) is 4.74 Å². The van der Waals surface area contributed by atoms with Crippen LogP contribution in [0.5, 0.6) is 0 Å². The van der Waals surface area contributed by atoms with Gasteiger partial charge in [0, 0.05) is 24.5 Å². The maximum absolute atomic E-state index is 12.4. The van der Waals surface area contributed by atoms with Gasteiger partial charge in [0.25, 0.3) is 0 Å². The molecule has 0 bridgehead atoms. The van der Waals surface area contributed by atoms with E-state index < -0.39 is 0 Å². The monoisotopic (exact) mass is 295 g/mol. The van der Waals surface area contributed by atoms with Crippen LogP contribution in [0.4, 0.5) is 4.79 Å². The van der Waals surface area contributed by atoms with Crippen molar-refractivity contribution in [3.05, 3.63) is 15.6 Å². The van der Waals surface area contributed by atoms with Crippen molar-refractivity contribution in [1.82, 2.24) is 14.8 Å². The van der Waals surface area contributed by atoms with Crippen LogP contribution in [-0.4, -0.2) is 59.1 Å². The normalized spacial score (nSPS) is 21.9. The number of amides is 2. The molecule has 1 atom stereocenters. The number of piperazine rings is 1. The lowest BCUT2D eigenvalue weighted by molar-refractivity contribution is -0.132. The summed E-state index contributed by atoms with van der Waals surface area (Å²) >= 11 is 1.58. The van der Waals surface area contributed by atoms with Gasteiger partial charge in [-0.25, -0.2) is 9.78 Å². The van der Waals surface area contributed by atoms with E-state index in [1.54, 1.807) is 16.2 Å². The fourth-order valence-corrected chi connectivity index (χ4v) is 3.63. The van der Waals surface area contributed by atoms with Gasteiger partial charge >= 0.3 is 6.09 Å². The molecule has 0 aliphatic carbocycles. The molecule has 0 saturated carbocycles. The molecule has 1 aromatic heterocycles. The van der Waals surface area contributed by atoms with E-state index in [0.717, 1.165) is 15.6 Å². The third-order valence-electron chi connectivity index (χ3n) is 3.78. The number of ether oxygens (including phenoxy) is 1. The molecular formula is C13H17N3O3S. The average molecular weight is 295 g/mol. The Morgan fingerprint density at radius 1 is 1.45 bits per heavy atom. The molecule has 108 valence electrons. The first-order valence-corrected chi connectivity index (χ1v) is 7.50. The summed E-state index contributed by atoms with van der Waals surface area (Å²) in [4.78, 5) is 32.7. The fourth-order valence-electron chi connectivity index (χ4n) is 2.70. The van der Waals surface area contributed by atoms with Crippen LogP contribution in [0.25, 0.3) is 0 Å². The lowest BCUT2D eigenvalue weighted by Gasteiger charge is -2.35. The summed E-state index contributed by atoms with van der Waals surface area (Å²) in [6.07, 6.45) is 0.148. The van der Waals surface area contributed by atoms with E-state index in [9.17, 15) is 9.59 Å². The molecule has 2 fully saturated rings. The highest BCUT2D eigenvalue weighted by atomic mass is 32.1. The minimum Gasteiger partial charge on any atom is -0.447 e. The number of rotatable bonds is 2. The first-order chi connectivity index (χ1) is 9.54. The van der Waals surface area contributed by atoms with Gasteiger partial charge in [-0.15, -0.1) is 11.3 Å². The highest BCUT2D eigenvalue weighted by molar-refractivity contribution is 7.11. The van der Waals surface area contributed by atoms with Gasteiger partial charge < -0.3 is 9.64 Å². The second-order valence-electron chi connectivity index (χ2n) is 5.18. The van der Waals surface area contributed by atoms with Crippen molar-refractivity contribution >= 4 is 23.3 Å². The molecule has 0 unspecified atom stereocenters. The van der Waals surface area contributed by atoms with Gasteiger partial charge in [0.15, 0.2) is 0 Å². The van der Waals surface area contributed by atoms with Crippen LogP contribution in [-0.2, 0) is 16.0 Å². The lowest BCUT2D eigenvalue weighted by atomic mass is 10.2. The van der Waals surface area contributed by atoms with Crippen LogP contribution < -0.4 is 0 Å². The third kappa shape index (κ3) is 2.37. The van der Waals surface area contributed by atoms with Crippen LogP contribution in [0.15, 0.2) is 0 Å². The third-order valence-corrected chi connectivity index (χ3v) is 4.85. The van der Waals surface area contributed by atoms with E-state index in [1.807, 2.05) is 18.7 Å². The smallest absolute Gasteiger partial charge is 0.410 e. The Kier molecular flexibility index (Phi) is 3.37. The van der Waals surface area contributed by atoms with E-state index in [-0.39, 0.29) is 18.0 Å². The molecule has 3 rings (SSSR count). The van der Waals surface area contributed by atoms with Crippen molar-refractivity contribution in [1.29, 1.82) is 0 Å². The summed E-state index contributed by atoms with van der Waals surface area (Å²) in [5.74, 6) is 0.107. The van der Waals surface area contributed by atoms with Crippen molar-refractivity contribution < 1.29 is 14.3 Å². The topological polar surface area (TPSA) is 62.7 Å². The Hall–Kier alpha value is -1.63. The molecule has 0 radical (unpaired) electrons. The molecule has 1 aromatic rings. The predicted octanol–water partition coefficient (Wildman–Crippen LogP) is 0.965. The van der Waals surface area contributed by atoms with E-state index >= 15 is 0 Å². The Morgan fingerprint density at radius 3 is 2.95 bits per heavy atom. The number of carbonyl (C=O) groups is 2. The van der Waals surface area contributed by atoms with Crippen molar-refractivity contribution in [3.8, 4) is 0 Å². The van der Waals surface area contributed by atoms with Crippen LogP contribution in [0, 0.1) is 13.8 Å². The second-order valence-corrected chi connectivity index (χ2v) is 6.47. The van der Waals surface area contributed by atoms with E-state index in [1.165, 1.54) is 0 Å². The molecule has 6 nitrogen and oxygen atoms in total. The average Bonchev–Trinajstić information content (AvgIpc) is 2.93. The molecule has 7 heteroatoms. The number of hydrogen-bond acceptors (Lipinski definition) is 5. The predicted molar refractivity (Wildman–Crippen MR) is 73.7 cm³/mol. The second kappa shape index (κ2) is 5.05. The number of hydrogen-bond donors (Lipinski definition) is 0. The fraction of sp³-hybridized carbons (Fsp3) is 0.615. The molecule has 2 aliphatic rings. The number of carbonyl (C=O) groups excluding carboxylic acids is 2. The van der Waals surface area contributed by atoms with Gasteiger partial charge in [-0.05, 0) is 13.8 Å². The van der Waals surface area contributed by atoms with Crippen molar-refractivity contribution in [2.45, 2.75) is 26.3 Å².